The summed E-state index contributed by atoms with van der Waals surface area (Å²) in [4.78, 5) is 6.00. The zero-order chi connectivity index (χ0) is 13.3. The molecule has 19 heavy (non-hydrogen) atoms. The van der Waals surface area contributed by atoms with Crippen LogP contribution in [0.3, 0.4) is 0 Å². The monoisotopic (exact) mass is 282 g/mol. The van der Waals surface area contributed by atoms with E-state index in [1.165, 1.54) is 17.0 Å². The molecule has 0 bridgehead atoms. The quantitative estimate of drug-likeness (QED) is 0.890. The maximum absolute atomic E-state index is 10.5. The van der Waals surface area contributed by atoms with Crippen molar-refractivity contribution >= 4 is 11.3 Å². The Labute approximate surface area is 118 Å². The third-order valence-electron chi connectivity index (χ3n) is 4.16. The van der Waals surface area contributed by atoms with E-state index in [9.17, 15) is 5.11 Å². The van der Waals surface area contributed by atoms with Crippen molar-refractivity contribution in [3.63, 3.8) is 0 Å². The van der Waals surface area contributed by atoms with Gasteiger partial charge in [-0.05, 0) is 26.2 Å². The van der Waals surface area contributed by atoms with Crippen LogP contribution in [0.25, 0.3) is 0 Å². The van der Waals surface area contributed by atoms with Crippen LogP contribution in [0.1, 0.15) is 47.3 Å². The molecule has 1 fully saturated rings. The van der Waals surface area contributed by atoms with Crippen LogP contribution in [0.15, 0.2) is 0 Å². The molecule has 2 aliphatic rings. The molecule has 1 saturated heterocycles. The van der Waals surface area contributed by atoms with Gasteiger partial charge in [0.25, 0.3) is 0 Å². The molecular weight excluding hydrogens is 260 g/mol. The number of fused-ring (bicyclic) bond motifs is 1. The lowest BCUT2D eigenvalue weighted by Crippen LogP contribution is -2.46. The first kappa shape index (κ1) is 13.5. The summed E-state index contributed by atoms with van der Waals surface area (Å²) in [5, 5.41) is 15.2. The molecule has 1 aromatic rings. The van der Waals surface area contributed by atoms with Crippen molar-refractivity contribution in [1.82, 2.24) is 10.3 Å². The molecular formula is C14H22N2O2S. The topological polar surface area (TPSA) is 54.4 Å². The molecule has 0 spiro atoms. The lowest BCUT2D eigenvalue weighted by molar-refractivity contribution is -0.0629. The van der Waals surface area contributed by atoms with E-state index in [0.717, 1.165) is 30.7 Å². The van der Waals surface area contributed by atoms with Crippen LogP contribution in [0.5, 0.6) is 0 Å². The SMILES string of the molecule is Cc1nc2c(s1)C(NCC1(O)CCOCC1)CCC2. The van der Waals surface area contributed by atoms with Crippen molar-refractivity contribution in [1.29, 1.82) is 0 Å². The molecule has 2 heterocycles. The van der Waals surface area contributed by atoms with Crippen LogP contribution >= 0.6 is 11.3 Å². The van der Waals surface area contributed by atoms with Gasteiger partial charge < -0.3 is 15.2 Å². The molecule has 106 valence electrons. The Morgan fingerprint density at radius 3 is 3.05 bits per heavy atom. The van der Waals surface area contributed by atoms with Gasteiger partial charge >= 0.3 is 0 Å². The van der Waals surface area contributed by atoms with Crippen molar-refractivity contribution in [2.45, 2.75) is 50.7 Å². The minimum absolute atomic E-state index is 0.377. The summed E-state index contributed by atoms with van der Waals surface area (Å²) in [6.07, 6.45) is 4.93. The molecule has 1 atom stereocenters. The number of aryl methyl sites for hydroxylation is 2. The van der Waals surface area contributed by atoms with Gasteiger partial charge in [-0.1, -0.05) is 0 Å². The highest BCUT2D eigenvalue weighted by molar-refractivity contribution is 7.11. The molecule has 1 aliphatic heterocycles. The smallest absolute Gasteiger partial charge is 0.0900 e. The van der Waals surface area contributed by atoms with Gasteiger partial charge in [-0.3, -0.25) is 0 Å². The molecule has 4 nitrogen and oxygen atoms in total. The predicted molar refractivity (Wildman–Crippen MR) is 75.5 cm³/mol. The maximum atomic E-state index is 10.5. The van der Waals surface area contributed by atoms with Crippen LogP contribution in [0.4, 0.5) is 0 Å². The summed E-state index contributed by atoms with van der Waals surface area (Å²) < 4.78 is 5.32. The Balaban J connectivity index is 1.64. The summed E-state index contributed by atoms with van der Waals surface area (Å²) in [7, 11) is 0. The first-order chi connectivity index (χ1) is 9.16. The summed E-state index contributed by atoms with van der Waals surface area (Å²) in [5.74, 6) is 0. The largest absolute Gasteiger partial charge is 0.388 e. The second kappa shape index (κ2) is 5.48. The van der Waals surface area contributed by atoms with Gasteiger partial charge in [0.2, 0.25) is 0 Å². The van der Waals surface area contributed by atoms with Crippen LogP contribution in [-0.2, 0) is 11.2 Å². The average Bonchev–Trinajstić information content (AvgIpc) is 2.78. The Kier molecular flexibility index (Phi) is 3.89. The summed E-state index contributed by atoms with van der Waals surface area (Å²) in [6, 6.07) is 0.377. The van der Waals surface area contributed by atoms with Crippen LogP contribution in [-0.4, -0.2) is 35.5 Å². The highest BCUT2D eigenvalue weighted by Gasteiger charge is 2.32. The minimum Gasteiger partial charge on any atom is -0.388 e. The number of aromatic nitrogens is 1. The van der Waals surface area contributed by atoms with Crippen molar-refractivity contribution in [2.75, 3.05) is 19.8 Å². The predicted octanol–water partition coefficient (Wildman–Crippen LogP) is 1.96. The number of thiazole rings is 1. The molecule has 0 amide bonds. The van der Waals surface area contributed by atoms with Gasteiger partial charge in [0.1, 0.15) is 0 Å². The number of nitrogens with zero attached hydrogens (tertiary/aromatic N) is 1. The second-order valence-corrected chi connectivity index (χ2v) is 6.94. The zero-order valence-corrected chi connectivity index (χ0v) is 12.3. The van der Waals surface area contributed by atoms with Crippen LogP contribution in [0.2, 0.25) is 0 Å². The lowest BCUT2D eigenvalue weighted by Gasteiger charge is -2.34. The van der Waals surface area contributed by atoms with E-state index in [0.29, 0.717) is 25.8 Å². The van der Waals surface area contributed by atoms with E-state index in [1.54, 1.807) is 11.3 Å². The van der Waals surface area contributed by atoms with Crippen molar-refractivity contribution in [2.24, 2.45) is 0 Å². The molecule has 1 unspecified atom stereocenters. The number of rotatable bonds is 3. The Bertz CT molecular complexity index is 441. The van der Waals surface area contributed by atoms with Gasteiger partial charge in [0.15, 0.2) is 0 Å². The Hall–Kier alpha value is -0.490. The normalized spacial score (nSPS) is 26.1. The molecule has 1 aromatic heterocycles. The maximum Gasteiger partial charge on any atom is 0.0900 e. The fraction of sp³-hybridized carbons (Fsp3) is 0.786. The number of ether oxygens (including phenoxy) is 1. The van der Waals surface area contributed by atoms with Crippen molar-refractivity contribution in [3.8, 4) is 0 Å². The van der Waals surface area contributed by atoms with Crippen LogP contribution < -0.4 is 5.32 Å². The second-order valence-electron chi connectivity index (χ2n) is 5.71. The van der Waals surface area contributed by atoms with Gasteiger partial charge in [-0.15, -0.1) is 11.3 Å². The number of hydrogen-bond donors (Lipinski definition) is 2. The van der Waals surface area contributed by atoms with Gasteiger partial charge in [-0.25, -0.2) is 4.98 Å². The molecule has 5 heteroatoms. The zero-order valence-electron chi connectivity index (χ0n) is 11.4. The molecule has 0 radical (unpaired) electrons. The van der Waals surface area contributed by atoms with Crippen molar-refractivity contribution in [3.05, 3.63) is 15.6 Å². The van der Waals surface area contributed by atoms with Crippen LogP contribution in [0, 0.1) is 6.92 Å². The number of nitrogens with one attached hydrogen (secondary N) is 1. The standard InChI is InChI=1S/C14H22N2O2S/c1-10-16-12-4-2-3-11(13(12)19-10)15-9-14(17)5-7-18-8-6-14/h11,15,17H,2-9H2,1H3. The van der Waals surface area contributed by atoms with E-state index < -0.39 is 5.60 Å². The molecule has 0 saturated carbocycles. The lowest BCUT2D eigenvalue weighted by atomic mass is 9.92. The highest BCUT2D eigenvalue weighted by atomic mass is 32.1. The number of aliphatic hydroxyl groups is 1. The van der Waals surface area contributed by atoms with E-state index in [2.05, 4.69) is 17.2 Å². The molecule has 1 aliphatic carbocycles. The Morgan fingerprint density at radius 2 is 2.26 bits per heavy atom. The fourth-order valence-corrected chi connectivity index (χ4v) is 4.06. The Morgan fingerprint density at radius 1 is 1.47 bits per heavy atom. The molecule has 2 N–H and O–H groups in total. The minimum atomic E-state index is -0.588. The number of hydrogen-bond acceptors (Lipinski definition) is 5. The van der Waals surface area contributed by atoms with Gasteiger partial charge in [0.05, 0.1) is 16.3 Å². The van der Waals surface area contributed by atoms with E-state index >= 15 is 0 Å². The first-order valence-electron chi connectivity index (χ1n) is 7.16. The third-order valence-corrected chi connectivity index (χ3v) is 5.29. The van der Waals surface area contributed by atoms with Crippen molar-refractivity contribution < 1.29 is 9.84 Å². The van der Waals surface area contributed by atoms with E-state index in [-0.39, 0.29) is 0 Å². The average molecular weight is 282 g/mol. The highest BCUT2D eigenvalue weighted by Crippen LogP contribution is 2.34. The third kappa shape index (κ3) is 2.99. The summed E-state index contributed by atoms with van der Waals surface area (Å²) in [6.45, 7) is 4.09. The molecule has 0 aromatic carbocycles. The summed E-state index contributed by atoms with van der Waals surface area (Å²) in [5.41, 5.74) is 0.681. The molecule has 3 rings (SSSR count). The fourth-order valence-electron chi connectivity index (χ4n) is 2.98. The first-order valence-corrected chi connectivity index (χ1v) is 7.98. The van der Waals surface area contributed by atoms with E-state index in [1.807, 2.05) is 0 Å². The van der Waals surface area contributed by atoms with Gasteiger partial charge in [0, 0.05) is 43.5 Å². The summed E-state index contributed by atoms with van der Waals surface area (Å²) >= 11 is 1.80. The van der Waals surface area contributed by atoms with Gasteiger partial charge in [-0.2, -0.15) is 0 Å². The van der Waals surface area contributed by atoms with E-state index in [4.69, 9.17) is 4.74 Å².